The quantitative estimate of drug-likeness (QED) is 0.770. The number of methoxy groups -OCH3 is 1. The Hall–Kier alpha value is -2.60. The van der Waals surface area contributed by atoms with Crippen LogP contribution in [0.25, 0.3) is 10.2 Å². The van der Waals surface area contributed by atoms with Crippen LogP contribution in [0.3, 0.4) is 0 Å². The van der Waals surface area contributed by atoms with Gasteiger partial charge in [0, 0.05) is 0 Å². The van der Waals surface area contributed by atoms with E-state index in [2.05, 4.69) is 10.3 Å². The van der Waals surface area contributed by atoms with Crippen molar-refractivity contribution in [3.05, 3.63) is 48.0 Å². The van der Waals surface area contributed by atoms with Crippen LogP contribution < -0.4 is 14.8 Å². The van der Waals surface area contributed by atoms with Gasteiger partial charge >= 0.3 is 0 Å². The van der Waals surface area contributed by atoms with E-state index in [1.807, 2.05) is 31.2 Å². The molecule has 1 amide bonds. The van der Waals surface area contributed by atoms with Crippen molar-refractivity contribution < 1.29 is 14.3 Å². The maximum absolute atomic E-state index is 12.5. The Labute approximate surface area is 137 Å². The van der Waals surface area contributed by atoms with Crippen molar-refractivity contribution in [3.8, 4) is 11.5 Å². The van der Waals surface area contributed by atoms with Crippen LogP contribution >= 0.6 is 11.3 Å². The van der Waals surface area contributed by atoms with Gasteiger partial charge in [0.15, 0.2) is 5.13 Å². The van der Waals surface area contributed by atoms with Gasteiger partial charge in [0.25, 0.3) is 5.91 Å². The Kier molecular flexibility index (Phi) is 4.43. The third-order valence-corrected chi connectivity index (χ3v) is 4.19. The number of aromatic nitrogens is 1. The molecule has 2 aromatic carbocycles. The first-order valence-corrected chi connectivity index (χ1v) is 8.01. The standard InChI is InChI=1S/C17H16N2O3S/c1-3-22-12-8-5-4-7-11(12)16(20)19-17-18-15-13(21-2)9-6-10-14(15)23-17/h4-10H,3H2,1-2H3,(H,18,19,20). The van der Waals surface area contributed by atoms with Crippen LogP contribution in [0.2, 0.25) is 0 Å². The van der Waals surface area contributed by atoms with Crippen LogP contribution in [0.1, 0.15) is 17.3 Å². The summed E-state index contributed by atoms with van der Waals surface area (Å²) in [5.41, 5.74) is 1.23. The van der Waals surface area contributed by atoms with E-state index in [9.17, 15) is 4.79 Å². The molecule has 0 spiro atoms. The summed E-state index contributed by atoms with van der Waals surface area (Å²) in [6.45, 7) is 2.39. The molecule has 0 saturated heterocycles. The lowest BCUT2D eigenvalue weighted by atomic mass is 10.2. The SMILES string of the molecule is CCOc1ccccc1C(=O)Nc1nc2c(OC)cccc2s1. The third kappa shape index (κ3) is 3.12. The number of rotatable bonds is 5. The van der Waals surface area contributed by atoms with Crippen molar-refractivity contribution in [3.63, 3.8) is 0 Å². The lowest BCUT2D eigenvalue weighted by Gasteiger charge is -2.08. The number of carbonyl (C=O) groups excluding carboxylic acids is 1. The number of amides is 1. The minimum atomic E-state index is -0.243. The summed E-state index contributed by atoms with van der Waals surface area (Å²) >= 11 is 1.41. The molecule has 1 heterocycles. The van der Waals surface area contributed by atoms with Gasteiger partial charge < -0.3 is 9.47 Å². The van der Waals surface area contributed by atoms with Gasteiger partial charge in [-0.3, -0.25) is 10.1 Å². The van der Waals surface area contributed by atoms with Crippen molar-refractivity contribution in [2.45, 2.75) is 6.92 Å². The van der Waals surface area contributed by atoms with Crippen molar-refractivity contribution >= 4 is 32.6 Å². The molecule has 0 bridgehead atoms. The van der Waals surface area contributed by atoms with E-state index in [-0.39, 0.29) is 5.91 Å². The van der Waals surface area contributed by atoms with Gasteiger partial charge in [-0.1, -0.05) is 29.5 Å². The summed E-state index contributed by atoms with van der Waals surface area (Å²) < 4.78 is 11.7. The van der Waals surface area contributed by atoms with Crippen LogP contribution in [0.4, 0.5) is 5.13 Å². The molecule has 0 aliphatic carbocycles. The van der Waals surface area contributed by atoms with Gasteiger partial charge in [-0.2, -0.15) is 0 Å². The predicted molar refractivity (Wildman–Crippen MR) is 91.7 cm³/mol. The summed E-state index contributed by atoms with van der Waals surface area (Å²) in [6, 6.07) is 12.8. The number of anilines is 1. The molecule has 1 aromatic heterocycles. The normalized spacial score (nSPS) is 10.5. The van der Waals surface area contributed by atoms with Gasteiger partial charge in [-0.25, -0.2) is 4.98 Å². The number of nitrogens with zero attached hydrogens (tertiary/aromatic N) is 1. The molecular weight excluding hydrogens is 312 g/mol. The third-order valence-electron chi connectivity index (χ3n) is 3.25. The topological polar surface area (TPSA) is 60.5 Å². The van der Waals surface area contributed by atoms with Crippen molar-refractivity contribution in [1.29, 1.82) is 0 Å². The molecule has 118 valence electrons. The second-order valence-electron chi connectivity index (χ2n) is 4.71. The molecule has 0 aliphatic heterocycles. The average Bonchev–Trinajstić information content (AvgIpc) is 2.97. The number of hydrogen-bond donors (Lipinski definition) is 1. The van der Waals surface area contributed by atoms with E-state index in [1.54, 1.807) is 25.3 Å². The maximum atomic E-state index is 12.5. The zero-order valence-corrected chi connectivity index (χ0v) is 13.6. The fourth-order valence-corrected chi connectivity index (χ4v) is 3.12. The number of benzene rings is 2. The highest BCUT2D eigenvalue weighted by Crippen LogP contribution is 2.32. The van der Waals surface area contributed by atoms with Gasteiger partial charge in [0.2, 0.25) is 0 Å². The largest absolute Gasteiger partial charge is 0.494 e. The van der Waals surface area contributed by atoms with Gasteiger partial charge in [-0.15, -0.1) is 0 Å². The molecule has 0 saturated carbocycles. The smallest absolute Gasteiger partial charge is 0.261 e. The van der Waals surface area contributed by atoms with Gasteiger partial charge in [0.1, 0.15) is 17.0 Å². The van der Waals surface area contributed by atoms with Crippen molar-refractivity contribution in [2.75, 3.05) is 19.0 Å². The lowest BCUT2D eigenvalue weighted by molar-refractivity contribution is 0.102. The molecular formula is C17H16N2O3S. The van der Waals surface area contributed by atoms with E-state index in [4.69, 9.17) is 9.47 Å². The number of para-hydroxylation sites is 2. The fourth-order valence-electron chi connectivity index (χ4n) is 2.24. The minimum absolute atomic E-state index is 0.243. The Bertz CT molecular complexity index is 845. The van der Waals surface area contributed by atoms with E-state index in [0.717, 1.165) is 10.2 Å². The first kappa shape index (κ1) is 15.3. The summed E-state index contributed by atoms with van der Waals surface area (Å²) in [5.74, 6) is 1.01. The minimum Gasteiger partial charge on any atom is -0.494 e. The molecule has 23 heavy (non-hydrogen) atoms. The molecule has 5 nitrogen and oxygen atoms in total. The second-order valence-corrected chi connectivity index (χ2v) is 5.74. The highest BCUT2D eigenvalue weighted by atomic mass is 32.1. The Morgan fingerprint density at radius 1 is 1.17 bits per heavy atom. The Morgan fingerprint density at radius 3 is 2.74 bits per heavy atom. The summed E-state index contributed by atoms with van der Waals surface area (Å²) in [6.07, 6.45) is 0. The lowest BCUT2D eigenvalue weighted by Crippen LogP contribution is -2.13. The number of nitrogens with one attached hydrogen (secondary N) is 1. The van der Waals surface area contributed by atoms with Crippen LogP contribution in [-0.4, -0.2) is 24.6 Å². The molecule has 0 fully saturated rings. The number of hydrogen-bond acceptors (Lipinski definition) is 5. The van der Waals surface area contributed by atoms with E-state index < -0.39 is 0 Å². The Balaban J connectivity index is 1.89. The summed E-state index contributed by atoms with van der Waals surface area (Å²) in [4.78, 5) is 16.9. The number of carbonyl (C=O) groups is 1. The first-order valence-electron chi connectivity index (χ1n) is 7.19. The zero-order chi connectivity index (χ0) is 16.2. The average molecular weight is 328 g/mol. The second kappa shape index (κ2) is 6.66. The van der Waals surface area contributed by atoms with Gasteiger partial charge in [-0.05, 0) is 31.2 Å². The van der Waals surface area contributed by atoms with Crippen LogP contribution in [0, 0.1) is 0 Å². The van der Waals surface area contributed by atoms with Crippen molar-refractivity contribution in [1.82, 2.24) is 4.98 Å². The first-order chi connectivity index (χ1) is 11.2. The van der Waals surface area contributed by atoms with Gasteiger partial charge in [0.05, 0.1) is 24.0 Å². The summed E-state index contributed by atoms with van der Waals surface area (Å²) in [7, 11) is 1.60. The molecule has 0 atom stereocenters. The van der Waals surface area contributed by atoms with E-state index in [1.165, 1.54) is 11.3 Å². The zero-order valence-electron chi connectivity index (χ0n) is 12.8. The van der Waals surface area contributed by atoms with E-state index >= 15 is 0 Å². The van der Waals surface area contributed by atoms with Crippen LogP contribution in [-0.2, 0) is 0 Å². The van der Waals surface area contributed by atoms with Crippen LogP contribution in [0.5, 0.6) is 11.5 Å². The molecule has 0 aliphatic rings. The fraction of sp³-hybridized carbons (Fsp3) is 0.176. The van der Waals surface area contributed by atoms with Crippen molar-refractivity contribution in [2.24, 2.45) is 0 Å². The number of ether oxygens (including phenoxy) is 2. The van der Waals surface area contributed by atoms with E-state index in [0.29, 0.717) is 28.8 Å². The molecule has 0 unspecified atom stereocenters. The predicted octanol–water partition coefficient (Wildman–Crippen LogP) is 3.96. The molecule has 1 N–H and O–H groups in total. The molecule has 3 rings (SSSR count). The molecule has 0 radical (unpaired) electrons. The maximum Gasteiger partial charge on any atom is 0.261 e. The summed E-state index contributed by atoms with van der Waals surface area (Å²) in [5, 5.41) is 3.36. The number of fused-ring (bicyclic) bond motifs is 1. The Morgan fingerprint density at radius 2 is 1.96 bits per heavy atom. The highest BCUT2D eigenvalue weighted by Gasteiger charge is 2.15. The monoisotopic (exact) mass is 328 g/mol. The number of thiazole rings is 1. The van der Waals surface area contributed by atoms with Crippen LogP contribution in [0.15, 0.2) is 42.5 Å². The highest BCUT2D eigenvalue weighted by molar-refractivity contribution is 7.22. The molecule has 6 heteroatoms. The molecule has 3 aromatic rings.